The van der Waals surface area contributed by atoms with E-state index in [9.17, 15) is 9.90 Å². The molecule has 0 aromatic carbocycles. The number of carbonyl (C=O) groups is 1. The number of hydrogen-bond acceptors (Lipinski definition) is 4. The summed E-state index contributed by atoms with van der Waals surface area (Å²) in [6.45, 7) is 5.82. The van der Waals surface area contributed by atoms with E-state index in [1.54, 1.807) is 31.9 Å². The number of hydrogen-bond donors (Lipinski definition) is 1. The van der Waals surface area contributed by atoms with Gasteiger partial charge in [-0.3, -0.25) is 0 Å². The fourth-order valence-electron chi connectivity index (χ4n) is 1.90. The molecule has 1 rings (SSSR count). The maximum Gasteiger partial charge on any atom is 0.339 e. The van der Waals surface area contributed by atoms with E-state index in [0.29, 0.717) is 17.9 Å². The molecule has 0 aliphatic carbocycles. The van der Waals surface area contributed by atoms with Crippen LogP contribution in [0.3, 0.4) is 0 Å². The molecule has 0 spiro atoms. The Morgan fingerprint density at radius 1 is 1.61 bits per heavy atom. The topological polar surface area (TPSA) is 77.2 Å². The van der Waals surface area contributed by atoms with Crippen LogP contribution in [-0.4, -0.2) is 29.7 Å². The van der Waals surface area contributed by atoms with Crippen molar-refractivity contribution in [3.8, 4) is 6.07 Å². The van der Waals surface area contributed by atoms with Crippen LogP contribution in [0.4, 0.5) is 5.82 Å². The fraction of sp³-hybridized carbons (Fsp3) is 0.462. The molecule has 1 aromatic rings. The molecule has 0 saturated carbocycles. The molecule has 96 valence electrons. The maximum absolute atomic E-state index is 11.3. The predicted molar refractivity (Wildman–Crippen MR) is 68.7 cm³/mol. The quantitative estimate of drug-likeness (QED) is 0.880. The highest BCUT2D eigenvalue weighted by molar-refractivity contribution is 5.95. The van der Waals surface area contributed by atoms with Gasteiger partial charge in [0.05, 0.1) is 12.0 Å². The minimum Gasteiger partial charge on any atom is -0.478 e. The van der Waals surface area contributed by atoms with Crippen molar-refractivity contribution in [3.05, 3.63) is 22.9 Å². The molecule has 0 bridgehead atoms. The Bertz CT molecular complexity index is 506. The third kappa shape index (κ3) is 2.98. The van der Waals surface area contributed by atoms with E-state index in [4.69, 9.17) is 5.26 Å². The molecule has 0 radical (unpaired) electrons. The van der Waals surface area contributed by atoms with Gasteiger partial charge >= 0.3 is 5.97 Å². The number of aryl methyl sites for hydroxylation is 2. The number of rotatable bonds is 4. The number of nitrogens with zero attached hydrogens (tertiary/aromatic N) is 3. The van der Waals surface area contributed by atoms with Gasteiger partial charge in [-0.15, -0.1) is 0 Å². The van der Waals surface area contributed by atoms with E-state index in [2.05, 4.69) is 11.1 Å². The molecular formula is C13H17N3O2. The molecule has 5 nitrogen and oxygen atoms in total. The second kappa shape index (κ2) is 5.50. The first-order chi connectivity index (χ1) is 8.36. The Morgan fingerprint density at radius 3 is 2.72 bits per heavy atom. The van der Waals surface area contributed by atoms with Crippen LogP contribution in [0.15, 0.2) is 6.07 Å². The molecule has 1 N–H and O–H groups in total. The highest BCUT2D eigenvalue weighted by Gasteiger charge is 2.19. The second-order valence-electron chi connectivity index (χ2n) is 4.49. The molecule has 1 atom stereocenters. The van der Waals surface area contributed by atoms with Gasteiger partial charge in [0.2, 0.25) is 0 Å². The van der Waals surface area contributed by atoms with Crippen LogP contribution in [0.1, 0.15) is 28.5 Å². The van der Waals surface area contributed by atoms with Crippen molar-refractivity contribution in [1.82, 2.24) is 4.98 Å². The molecule has 0 fully saturated rings. The van der Waals surface area contributed by atoms with E-state index in [0.717, 1.165) is 5.69 Å². The largest absolute Gasteiger partial charge is 0.478 e. The first-order valence-corrected chi connectivity index (χ1v) is 5.69. The number of aromatic nitrogens is 1. The van der Waals surface area contributed by atoms with Gasteiger partial charge in [-0.1, -0.05) is 0 Å². The zero-order valence-corrected chi connectivity index (χ0v) is 11.1. The van der Waals surface area contributed by atoms with Crippen LogP contribution in [0, 0.1) is 31.1 Å². The lowest BCUT2D eigenvalue weighted by atomic mass is 10.1. The van der Waals surface area contributed by atoms with Crippen LogP contribution in [-0.2, 0) is 0 Å². The van der Waals surface area contributed by atoms with E-state index < -0.39 is 5.97 Å². The van der Waals surface area contributed by atoms with Crippen LogP contribution in [0.5, 0.6) is 0 Å². The number of anilines is 1. The standard InChI is InChI=1S/C13H17N3O2/c1-8(6-14)7-16(4)12-11(13(17)18)9(2)5-10(3)15-12/h5,8H,7H2,1-4H3,(H,17,18). The van der Waals surface area contributed by atoms with Crippen molar-refractivity contribution in [2.75, 3.05) is 18.5 Å². The van der Waals surface area contributed by atoms with Crippen molar-refractivity contribution >= 4 is 11.8 Å². The average Bonchev–Trinajstić information content (AvgIpc) is 2.26. The van der Waals surface area contributed by atoms with Crippen molar-refractivity contribution < 1.29 is 9.90 Å². The molecule has 0 amide bonds. The van der Waals surface area contributed by atoms with Gasteiger partial charge in [0.1, 0.15) is 11.4 Å². The normalized spacial score (nSPS) is 11.7. The van der Waals surface area contributed by atoms with Crippen LogP contribution >= 0.6 is 0 Å². The molecule has 1 heterocycles. The molecule has 1 aromatic heterocycles. The van der Waals surface area contributed by atoms with Gasteiger partial charge < -0.3 is 10.0 Å². The Balaban J connectivity index is 3.22. The first-order valence-electron chi connectivity index (χ1n) is 5.69. The molecule has 0 saturated heterocycles. The summed E-state index contributed by atoms with van der Waals surface area (Å²) in [7, 11) is 1.75. The first kappa shape index (κ1) is 14.0. The lowest BCUT2D eigenvalue weighted by molar-refractivity contribution is 0.0696. The minimum atomic E-state index is -0.994. The average molecular weight is 247 g/mol. The third-order valence-corrected chi connectivity index (χ3v) is 2.67. The summed E-state index contributed by atoms with van der Waals surface area (Å²) in [6.07, 6.45) is 0. The van der Waals surface area contributed by atoms with Gasteiger partial charge in [0, 0.05) is 19.3 Å². The highest BCUT2D eigenvalue weighted by atomic mass is 16.4. The summed E-state index contributed by atoms with van der Waals surface area (Å²) in [5, 5.41) is 18.1. The van der Waals surface area contributed by atoms with Crippen LogP contribution < -0.4 is 4.90 Å². The molecule has 18 heavy (non-hydrogen) atoms. The number of carboxylic acids is 1. The zero-order chi connectivity index (χ0) is 13.9. The summed E-state index contributed by atoms with van der Waals surface area (Å²) in [5.41, 5.74) is 1.65. The summed E-state index contributed by atoms with van der Waals surface area (Å²) in [6, 6.07) is 3.87. The Hall–Kier alpha value is -2.09. The second-order valence-corrected chi connectivity index (χ2v) is 4.49. The number of carboxylic acid groups (broad SMARTS) is 1. The summed E-state index contributed by atoms with van der Waals surface area (Å²) in [5.74, 6) is -0.757. The number of aromatic carboxylic acids is 1. The maximum atomic E-state index is 11.3. The highest BCUT2D eigenvalue weighted by Crippen LogP contribution is 2.22. The number of pyridine rings is 1. The molecule has 1 unspecified atom stereocenters. The van der Waals surface area contributed by atoms with Gasteiger partial charge in [0.15, 0.2) is 0 Å². The van der Waals surface area contributed by atoms with E-state index >= 15 is 0 Å². The summed E-state index contributed by atoms with van der Waals surface area (Å²) < 4.78 is 0. The smallest absolute Gasteiger partial charge is 0.339 e. The van der Waals surface area contributed by atoms with E-state index in [-0.39, 0.29) is 11.5 Å². The zero-order valence-electron chi connectivity index (χ0n) is 11.1. The van der Waals surface area contributed by atoms with Crippen LogP contribution in [0.2, 0.25) is 0 Å². The van der Waals surface area contributed by atoms with E-state index in [1.807, 2.05) is 6.92 Å². The van der Waals surface area contributed by atoms with E-state index in [1.165, 1.54) is 0 Å². The lowest BCUT2D eigenvalue weighted by Crippen LogP contribution is -2.27. The van der Waals surface area contributed by atoms with Gasteiger partial charge in [-0.25, -0.2) is 9.78 Å². The number of nitriles is 1. The van der Waals surface area contributed by atoms with Crippen LogP contribution in [0.25, 0.3) is 0 Å². The Morgan fingerprint density at radius 2 is 2.22 bits per heavy atom. The van der Waals surface area contributed by atoms with Crippen molar-refractivity contribution in [3.63, 3.8) is 0 Å². The SMILES string of the molecule is Cc1cc(C)c(C(=O)O)c(N(C)CC(C)C#N)n1. The van der Waals surface area contributed by atoms with Crippen molar-refractivity contribution in [2.24, 2.45) is 5.92 Å². The molecule has 0 aliphatic rings. The fourth-order valence-corrected chi connectivity index (χ4v) is 1.90. The molecule has 5 heteroatoms. The minimum absolute atomic E-state index is 0.181. The Labute approximate surface area is 107 Å². The summed E-state index contributed by atoms with van der Waals surface area (Å²) >= 11 is 0. The van der Waals surface area contributed by atoms with Gasteiger partial charge in [-0.05, 0) is 32.4 Å². The lowest BCUT2D eigenvalue weighted by Gasteiger charge is -2.22. The van der Waals surface area contributed by atoms with Crippen molar-refractivity contribution in [2.45, 2.75) is 20.8 Å². The molecular weight excluding hydrogens is 230 g/mol. The monoisotopic (exact) mass is 247 g/mol. The summed E-state index contributed by atoms with van der Waals surface area (Å²) in [4.78, 5) is 17.3. The third-order valence-electron chi connectivity index (χ3n) is 2.67. The Kier molecular flexibility index (Phi) is 4.27. The van der Waals surface area contributed by atoms with Gasteiger partial charge in [-0.2, -0.15) is 5.26 Å². The predicted octanol–water partition coefficient (Wildman–Crippen LogP) is 1.99. The van der Waals surface area contributed by atoms with Crippen molar-refractivity contribution in [1.29, 1.82) is 5.26 Å². The van der Waals surface area contributed by atoms with Gasteiger partial charge in [0.25, 0.3) is 0 Å². The molecule has 0 aliphatic heterocycles.